The van der Waals surface area contributed by atoms with Gasteiger partial charge in [-0.2, -0.15) is 13.2 Å². The highest BCUT2D eigenvalue weighted by Crippen LogP contribution is 2.28. The summed E-state index contributed by atoms with van der Waals surface area (Å²) < 4.78 is 37.9. The monoisotopic (exact) mass is 282 g/mol. The van der Waals surface area contributed by atoms with E-state index in [-0.39, 0.29) is 18.1 Å². The molecule has 0 unspecified atom stereocenters. The molecule has 0 atom stereocenters. The molecule has 2 aromatic heterocycles. The van der Waals surface area contributed by atoms with Crippen LogP contribution in [0.1, 0.15) is 29.6 Å². The number of hydrogen-bond acceptors (Lipinski definition) is 4. The third-order valence-electron chi connectivity index (χ3n) is 2.74. The van der Waals surface area contributed by atoms with E-state index in [9.17, 15) is 13.2 Å². The summed E-state index contributed by atoms with van der Waals surface area (Å²) in [6.45, 7) is 2.00. The number of halogens is 3. The highest BCUT2D eigenvalue weighted by Gasteiger charge is 2.33. The molecule has 0 spiro atoms. The molecular weight excluding hydrogens is 269 g/mol. The number of anilines is 1. The molecule has 106 valence electrons. The van der Waals surface area contributed by atoms with Crippen molar-refractivity contribution in [3.8, 4) is 0 Å². The van der Waals surface area contributed by atoms with E-state index in [1.165, 1.54) is 0 Å². The number of nitrogens with zero attached hydrogens (tertiary/aromatic N) is 3. The molecule has 4 nitrogen and oxygen atoms in total. The van der Waals surface area contributed by atoms with Gasteiger partial charge in [0.05, 0.1) is 5.69 Å². The molecule has 0 saturated heterocycles. The molecule has 0 aliphatic heterocycles. The molecule has 0 radical (unpaired) electrons. The number of pyridine rings is 1. The number of hydrogen-bond donors (Lipinski definition) is 1. The third kappa shape index (κ3) is 3.43. The van der Waals surface area contributed by atoms with Crippen molar-refractivity contribution < 1.29 is 13.2 Å². The number of nitrogen functional groups attached to an aromatic ring is 1. The maximum absolute atomic E-state index is 12.6. The molecule has 2 aromatic rings. The van der Waals surface area contributed by atoms with Gasteiger partial charge in [0.2, 0.25) is 5.95 Å². The van der Waals surface area contributed by atoms with Gasteiger partial charge in [-0.25, -0.2) is 9.97 Å². The number of nitrogens with two attached hydrogens (primary N) is 1. The highest BCUT2D eigenvalue weighted by molar-refractivity contribution is 5.27. The normalized spacial score (nSPS) is 11.6. The molecule has 0 fully saturated rings. The summed E-state index contributed by atoms with van der Waals surface area (Å²) in [5.74, 6) is -0.389. The van der Waals surface area contributed by atoms with Gasteiger partial charge in [0.25, 0.3) is 0 Å². The molecule has 20 heavy (non-hydrogen) atoms. The van der Waals surface area contributed by atoms with Gasteiger partial charge in [-0.1, -0.05) is 13.0 Å². The molecule has 2 N–H and O–H groups in total. The standard InChI is InChI=1S/C13H13F3N4/c1-2-8-3-4-9(18-7-8)5-10-6-11(13(14,15)16)20-12(17)19-10/h3-4,6-7H,2,5H2,1H3,(H2,17,19,20). The van der Waals surface area contributed by atoms with Gasteiger partial charge in [-0.3, -0.25) is 4.98 Å². The smallest absolute Gasteiger partial charge is 0.368 e. The molecule has 0 aliphatic rings. The zero-order valence-electron chi connectivity index (χ0n) is 10.8. The van der Waals surface area contributed by atoms with Gasteiger partial charge in [0.15, 0.2) is 0 Å². The Bertz CT molecular complexity index is 594. The van der Waals surface area contributed by atoms with Crippen LogP contribution in [0.25, 0.3) is 0 Å². The average molecular weight is 282 g/mol. The third-order valence-corrected chi connectivity index (χ3v) is 2.74. The Balaban J connectivity index is 2.26. The van der Waals surface area contributed by atoms with Crippen LogP contribution in [0.15, 0.2) is 24.4 Å². The fraction of sp³-hybridized carbons (Fsp3) is 0.308. The molecule has 2 rings (SSSR count). The SMILES string of the molecule is CCc1ccc(Cc2cc(C(F)(F)F)nc(N)n2)nc1. The van der Waals surface area contributed by atoms with Crippen molar-refractivity contribution in [2.24, 2.45) is 0 Å². The largest absolute Gasteiger partial charge is 0.433 e. The molecule has 0 saturated carbocycles. The molecule has 0 bridgehead atoms. The van der Waals surface area contributed by atoms with E-state index < -0.39 is 11.9 Å². The maximum atomic E-state index is 12.6. The number of alkyl halides is 3. The lowest BCUT2D eigenvalue weighted by Crippen LogP contribution is -2.12. The fourth-order valence-electron chi connectivity index (χ4n) is 1.71. The minimum absolute atomic E-state index is 0.180. The van der Waals surface area contributed by atoms with E-state index in [1.54, 1.807) is 12.3 Å². The Hall–Kier alpha value is -2.18. The van der Waals surface area contributed by atoms with Crippen LogP contribution in [0, 0.1) is 0 Å². The highest BCUT2D eigenvalue weighted by atomic mass is 19.4. The van der Waals surface area contributed by atoms with Gasteiger partial charge in [0, 0.05) is 18.3 Å². The number of aromatic nitrogens is 3. The Labute approximate surface area is 113 Å². The van der Waals surface area contributed by atoms with E-state index in [0.717, 1.165) is 18.1 Å². The lowest BCUT2D eigenvalue weighted by molar-refractivity contribution is -0.141. The van der Waals surface area contributed by atoms with Gasteiger partial charge in [0.1, 0.15) is 5.69 Å². The van der Waals surface area contributed by atoms with E-state index in [1.807, 2.05) is 13.0 Å². The Morgan fingerprint density at radius 3 is 2.45 bits per heavy atom. The summed E-state index contributed by atoms with van der Waals surface area (Å²) in [6.07, 6.45) is -1.80. The minimum Gasteiger partial charge on any atom is -0.368 e. The van der Waals surface area contributed by atoms with Crippen LogP contribution in [0.4, 0.5) is 19.1 Å². The zero-order valence-corrected chi connectivity index (χ0v) is 10.8. The Morgan fingerprint density at radius 1 is 1.15 bits per heavy atom. The summed E-state index contributed by atoms with van der Waals surface area (Å²) >= 11 is 0. The first-order valence-corrected chi connectivity index (χ1v) is 6.03. The van der Waals surface area contributed by atoms with Crippen molar-refractivity contribution in [1.82, 2.24) is 15.0 Å². The second-order valence-corrected chi connectivity index (χ2v) is 4.29. The van der Waals surface area contributed by atoms with Crippen LogP contribution in [0.2, 0.25) is 0 Å². The molecule has 2 heterocycles. The predicted molar refractivity (Wildman–Crippen MR) is 67.9 cm³/mol. The summed E-state index contributed by atoms with van der Waals surface area (Å²) in [4.78, 5) is 11.2. The van der Waals surface area contributed by atoms with E-state index in [4.69, 9.17) is 5.73 Å². The van der Waals surface area contributed by atoms with Crippen LogP contribution in [0.3, 0.4) is 0 Å². The quantitative estimate of drug-likeness (QED) is 0.939. The fourth-order valence-corrected chi connectivity index (χ4v) is 1.71. The zero-order chi connectivity index (χ0) is 14.8. The van der Waals surface area contributed by atoms with Crippen molar-refractivity contribution >= 4 is 5.95 Å². The second-order valence-electron chi connectivity index (χ2n) is 4.29. The first-order chi connectivity index (χ1) is 9.38. The van der Waals surface area contributed by atoms with Crippen LogP contribution in [-0.4, -0.2) is 15.0 Å². The topological polar surface area (TPSA) is 64.7 Å². The molecule has 0 amide bonds. The summed E-state index contributed by atoms with van der Waals surface area (Å²) in [5.41, 5.74) is 6.17. The molecular formula is C13H13F3N4. The second kappa shape index (κ2) is 5.44. The number of aryl methyl sites for hydroxylation is 1. The van der Waals surface area contributed by atoms with E-state index in [0.29, 0.717) is 5.69 Å². The van der Waals surface area contributed by atoms with E-state index in [2.05, 4.69) is 15.0 Å². The first kappa shape index (κ1) is 14.2. The van der Waals surface area contributed by atoms with Gasteiger partial charge in [-0.05, 0) is 24.1 Å². The van der Waals surface area contributed by atoms with Crippen LogP contribution < -0.4 is 5.73 Å². The van der Waals surface area contributed by atoms with Crippen LogP contribution >= 0.6 is 0 Å². The van der Waals surface area contributed by atoms with Crippen molar-refractivity contribution in [1.29, 1.82) is 0 Å². The lowest BCUT2D eigenvalue weighted by Gasteiger charge is -2.08. The maximum Gasteiger partial charge on any atom is 0.433 e. The Kier molecular flexibility index (Phi) is 3.87. The van der Waals surface area contributed by atoms with Crippen molar-refractivity contribution in [3.63, 3.8) is 0 Å². The summed E-state index contributed by atoms with van der Waals surface area (Å²) in [5, 5.41) is 0. The summed E-state index contributed by atoms with van der Waals surface area (Å²) in [6, 6.07) is 4.55. The average Bonchev–Trinajstić information content (AvgIpc) is 2.38. The number of rotatable bonds is 3. The van der Waals surface area contributed by atoms with Crippen LogP contribution in [-0.2, 0) is 19.0 Å². The first-order valence-electron chi connectivity index (χ1n) is 6.03. The van der Waals surface area contributed by atoms with E-state index >= 15 is 0 Å². The summed E-state index contributed by atoms with van der Waals surface area (Å²) in [7, 11) is 0. The van der Waals surface area contributed by atoms with Gasteiger partial charge >= 0.3 is 6.18 Å². The van der Waals surface area contributed by atoms with Crippen molar-refractivity contribution in [2.45, 2.75) is 25.9 Å². The molecule has 0 aromatic carbocycles. The Morgan fingerprint density at radius 2 is 1.90 bits per heavy atom. The predicted octanol–water partition coefficient (Wildman–Crippen LogP) is 2.63. The van der Waals surface area contributed by atoms with Gasteiger partial charge in [-0.15, -0.1) is 0 Å². The molecule has 7 heteroatoms. The minimum atomic E-state index is -4.54. The van der Waals surface area contributed by atoms with Crippen LogP contribution in [0.5, 0.6) is 0 Å². The van der Waals surface area contributed by atoms with Gasteiger partial charge < -0.3 is 5.73 Å². The van der Waals surface area contributed by atoms with Crippen molar-refractivity contribution in [3.05, 3.63) is 47.0 Å². The van der Waals surface area contributed by atoms with Crippen molar-refractivity contribution in [2.75, 3.05) is 5.73 Å². The molecule has 0 aliphatic carbocycles. The lowest BCUT2D eigenvalue weighted by atomic mass is 10.1.